The molecule has 3 aromatic rings. The number of nitrogens with zero attached hydrogens (tertiary/aromatic N) is 3. The number of fused-ring (bicyclic) bond motifs is 3. The molecule has 0 saturated carbocycles. The van der Waals surface area contributed by atoms with Crippen molar-refractivity contribution in [3.63, 3.8) is 0 Å². The van der Waals surface area contributed by atoms with Crippen molar-refractivity contribution in [2.24, 2.45) is 7.05 Å². The molecule has 0 saturated heterocycles. The van der Waals surface area contributed by atoms with Crippen LogP contribution < -0.4 is 4.74 Å². The number of carbonyl (C=O) groups is 2. The molecule has 0 fully saturated rings. The fourth-order valence-electron chi connectivity index (χ4n) is 3.56. The molecule has 0 spiro atoms. The number of benzene rings is 2. The first-order valence-corrected chi connectivity index (χ1v) is 9.56. The molecule has 0 atom stereocenters. The minimum absolute atomic E-state index is 0.0217. The molecule has 10 heteroatoms. The molecule has 160 valence electrons. The van der Waals surface area contributed by atoms with Crippen LogP contribution in [0.15, 0.2) is 36.4 Å². The third kappa shape index (κ3) is 3.84. The number of aromatic nitrogens is 2. The van der Waals surface area contributed by atoms with Gasteiger partial charge in [-0.15, -0.1) is 0 Å². The fourth-order valence-corrected chi connectivity index (χ4v) is 3.74. The maximum Gasteiger partial charge on any atom is 0.323 e. The Kier molecular flexibility index (Phi) is 5.36. The summed E-state index contributed by atoms with van der Waals surface area (Å²) in [6.45, 7) is -1.31. The molecular formula is C21H16ClF2N3O4. The zero-order chi connectivity index (χ0) is 22.3. The first kappa shape index (κ1) is 20.8. The molecular weight excluding hydrogens is 432 g/mol. The molecule has 4 rings (SSSR count). The highest BCUT2D eigenvalue weighted by molar-refractivity contribution is 6.31. The Morgan fingerprint density at radius 3 is 2.65 bits per heavy atom. The fraction of sp³-hybridized carbons (Fsp3) is 0.190. The Hall–Kier alpha value is -3.46. The summed E-state index contributed by atoms with van der Waals surface area (Å²) in [5.41, 5.74) is 1.20. The molecule has 0 radical (unpaired) electrons. The number of ether oxygens (including phenoxy) is 1. The van der Waals surface area contributed by atoms with Crippen molar-refractivity contribution >= 4 is 23.5 Å². The summed E-state index contributed by atoms with van der Waals surface area (Å²) in [5, 5.41) is 14.0. The van der Waals surface area contributed by atoms with E-state index >= 15 is 0 Å². The highest BCUT2D eigenvalue weighted by Gasteiger charge is 2.32. The third-order valence-corrected chi connectivity index (χ3v) is 5.18. The third-order valence-electron chi connectivity index (χ3n) is 4.94. The number of amides is 1. The van der Waals surface area contributed by atoms with E-state index in [0.29, 0.717) is 27.6 Å². The van der Waals surface area contributed by atoms with Gasteiger partial charge in [0.2, 0.25) is 0 Å². The first-order chi connectivity index (χ1) is 14.8. The van der Waals surface area contributed by atoms with Crippen molar-refractivity contribution < 1.29 is 28.2 Å². The van der Waals surface area contributed by atoms with Gasteiger partial charge in [-0.2, -0.15) is 5.10 Å². The highest BCUT2D eigenvalue weighted by Crippen LogP contribution is 2.40. The molecule has 0 aliphatic carbocycles. The monoisotopic (exact) mass is 447 g/mol. The lowest BCUT2D eigenvalue weighted by atomic mass is 10.0. The first-order valence-electron chi connectivity index (χ1n) is 9.18. The normalized spacial score (nSPS) is 12.0. The second kappa shape index (κ2) is 7.99. The molecule has 1 aromatic heterocycles. The van der Waals surface area contributed by atoms with Gasteiger partial charge in [0.15, 0.2) is 5.69 Å². The largest absolute Gasteiger partial charge is 0.488 e. The van der Waals surface area contributed by atoms with Crippen molar-refractivity contribution in [3.05, 3.63) is 69.9 Å². The molecule has 1 aliphatic heterocycles. The van der Waals surface area contributed by atoms with Crippen LogP contribution in [0.1, 0.15) is 21.6 Å². The zero-order valence-electron chi connectivity index (χ0n) is 16.2. The molecule has 0 bridgehead atoms. The van der Waals surface area contributed by atoms with Gasteiger partial charge < -0.3 is 14.7 Å². The standard InChI is InChI=1S/C21H16ClF2N3O4/c1-26-20-12-7-11(22)5-6-17(12)31-10-14(20)19(25-26)21(30)27(9-18(28)29)8-13-15(23)3-2-4-16(13)24/h2-7H,8-10H2,1H3,(H,28,29). The van der Waals surface area contributed by atoms with E-state index in [1.54, 1.807) is 25.2 Å². The van der Waals surface area contributed by atoms with Crippen LogP contribution in [0.5, 0.6) is 5.75 Å². The number of carboxylic acid groups (broad SMARTS) is 1. The predicted octanol–water partition coefficient (Wildman–Crippen LogP) is 3.64. The Balaban J connectivity index is 1.75. The summed E-state index contributed by atoms with van der Waals surface area (Å²) in [4.78, 5) is 25.4. The molecule has 0 unspecified atom stereocenters. The second-order valence-electron chi connectivity index (χ2n) is 6.98. The van der Waals surface area contributed by atoms with Crippen LogP contribution in [0, 0.1) is 11.6 Å². The van der Waals surface area contributed by atoms with Gasteiger partial charge in [0.25, 0.3) is 5.91 Å². The van der Waals surface area contributed by atoms with E-state index in [0.717, 1.165) is 17.0 Å². The van der Waals surface area contributed by atoms with Gasteiger partial charge in [-0.25, -0.2) is 8.78 Å². The molecule has 1 N–H and O–H groups in total. The van der Waals surface area contributed by atoms with Gasteiger partial charge in [0, 0.05) is 28.8 Å². The Labute approximate surface area is 180 Å². The van der Waals surface area contributed by atoms with E-state index in [4.69, 9.17) is 16.3 Å². The van der Waals surface area contributed by atoms with Gasteiger partial charge in [-0.1, -0.05) is 17.7 Å². The smallest absolute Gasteiger partial charge is 0.323 e. The van der Waals surface area contributed by atoms with Crippen LogP contribution in [0.4, 0.5) is 8.78 Å². The highest BCUT2D eigenvalue weighted by atomic mass is 35.5. The number of rotatable bonds is 5. The number of aliphatic carboxylic acids is 1. The number of aryl methyl sites for hydroxylation is 1. The van der Waals surface area contributed by atoms with Crippen molar-refractivity contribution in [2.75, 3.05) is 6.54 Å². The van der Waals surface area contributed by atoms with E-state index in [1.165, 1.54) is 10.7 Å². The van der Waals surface area contributed by atoms with Gasteiger partial charge in [0.1, 0.15) is 30.5 Å². The number of hydrogen-bond donors (Lipinski definition) is 1. The number of carbonyl (C=O) groups excluding carboxylic acids is 1. The molecule has 1 aliphatic rings. The maximum atomic E-state index is 14.1. The van der Waals surface area contributed by atoms with E-state index in [2.05, 4.69) is 5.10 Å². The van der Waals surface area contributed by atoms with Crippen LogP contribution in [0.3, 0.4) is 0 Å². The summed E-state index contributed by atoms with van der Waals surface area (Å²) in [6.07, 6.45) is 0. The van der Waals surface area contributed by atoms with Crippen LogP contribution in [0.25, 0.3) is 11.3 Å². The molecule has 31 heavy (non-hydrogen) atoms. The van der Waals surface area contributed by atoms with Gasteiger partial charge in [-0.05, 0) is 30.3 Å². The molecule has 1 amide bonds. The second-order valence-corrected chi connectivity index (χ2v) is 7.42. The van der Waals surface area contributed by atoms with Crippen LogP contribution in [0.2, 0.25) is 5.02 Å². The van der Waals surface area contributed by atoms with Crippen LogP contribution in [-0.2, 0) is 25.0 Å². The average Bonchev–Trinajstić information content (AvgIpc) is 3.06. The minimum Gasteiger partial charge on any atom is -0.488 e. The summed E-state index contributed by atoms with van der Waals surface area (Å²) in [6, 6.07) is 8.32. The average molecular weight is 448 g/mol. The van der Waals surface area contributed by atoms with Gasteiger partial charge in [-0.3, -0.25) is 14.3 Å². The van der Waals surface area contributed by atoms with Crippen molar-refractivity contribution in [1.29, 1.82) is 0 Å². The summed E-state index contributed by atoms with van der Waals surface area (Å²) >= 11 is 6.10. The topological polar surface area (TPSA) is 84.7 Å². The number of halogens is 3. The molecule has 2 aromatic carbocycles. The maximum absolute atomic E-state index is 14.1. The lowest BCUT2D eigenvalue weighted by Crippen LogP contribution is -2.36. The lowest BCUT2D eigenvalue weighted by Gasteiger charge is -2.22. The number of carboxylic acids is 1. The van der Waals surface area contributed by atoms with E-state index in [-0.39, 0.29) is 12.3 Å². The summed E-state index contributed by atoms with van der Waals surface area (Å²) < 4.78 is 35.4. The minimum atomic E-state index is -1.33. The van der Waals surface area contributed by atoms with E-state index in [1.807, 2.05) is 0 Å². The Morgan fingerprint density at radius 1 is 1.26 bits per heavy atom. The summed E-state index contributed by atoms with van der Waals surface area (Å²) in [7, 11) is 1.63. The molecule has 2 heterocycles. The van der Waals surface area contributed by atoms with E-state index < -0.39 is 42.2 Å². The Bertz CT molecular complexity index is 1190. The van der Waals surface area contributed by atoms with E-state index in [9.17, 15) is 23.5 Å². The van der Waals surface area contributed by atoms with Gasteiger partial charge in [0.05, 0.1) is 12.2 Å². The Morgan fingerprint density at radius 2 is 1.97 bits per heavy atom. The molecule has 7 nitrogen and oxygen atoms in total. The van der Waals surface area contributed by atoms with Crippen molar-refractivity contribution in [1.82, 2.24) is 14.7 Å². The summed E-state index contributed by atoms with van der Waals surface area (Å²) in [5.74, 6) is -3.30. The SMILES string of the molecule is Cn1nc(C(=O)N(CC(=O)O)Cc2c(F)cccc2F)c2c1-c1cc(Cl)ccc1OC2. The number of hydrogen-bond acceptors (Lipinski definition) is 4. The van der Waals surface area contributed by atoms with Crippen molar-refractivity contribution in [3.8, 4) is 17.0 Å². The van der Waals surface area contributed by atoms with Gasteiger partial charge >= 0.3 is 5.97 Å². The quantitative estimate of drug-likeness (QED) is 0.645. The predicted molar refractivity (Wildman–Crippen MR) is 107 cm³/mol. The van der Waals surface area contributed by atoms with Crippen LogP contribution in [-0.4, -0.2) is 38.2 Å². The zero-order valence-corrected chi connectivity index (χ0v) is 17.0. The lowest BCUT2D eigenvalue weighted by molar-refractivity contribution is -0.137. The van der Waals surface area contributed by atoms with Crippen LogP contribution >= 0.6 is 11.6 Å². The van der Waals surface area contributed by atoms with Crippen molar-refractivity contribution in [2.45, 2.75) is 13.2 Å².